The molecule has 1 amide bonds. The van der Waals surface area contributed by atoms with Crippen LogP contribution >= 0.6 is 0 Å². The zero-order chi connectivity index (χ0) is 16.6. The summed E-state index contributed by atoms with van der Waals surface area (Å²) in [6.45, 7) is 6.74. The molecule has 0 radical (unpaired) electrons. The number of anilines is 1. The highest BCUT2D eigenvalue weighted by Crippen LogP contribution is 2.25. The van der Waals surface area contributed by atoms with E-state index in [1.165, 1.54) is 6.33 Å². The Labute approximate surface area is 134 Å². The topological polar surface area (TPSA) is 85.8 Å². The molecule has 2 N–H and O–H groups in total. The SMILES string of the molecule is CC(C)(C)OC(=O)N1CCC=C(c2ccc3c(N)ncnn23)C1. The second-order valence-corrected chi connectivity index (χ2v) is 6.58. The lowest BCUT2D eigenvalue weighted by atomic mass is 10.1. The van der Waals surface area contributed by atoms with Crippen LogP contribution in [0.15, 0.2) is 24.5 Å². The Bertz CT molecular complexity index is 772. The molecular weight excluding hydrogens is 294 g/mol. The Morgan fingerprint density at radius 2 is 2.13 bits per heavy atom. The number of nitrogens with two attached hydrogens (primary N) is 1. The fourth-order valence-corrected chi connectivity index (χ4v) is 2.61. The molecule has 1 aliphatic rings. The van der Waals surface area contributed by atoms with E-state index in [0.717, 1.165) is 23.2 Å². The third kappa shape index (κ3) is 3.13. The molecule has 0 unspecified atom stereocenters. The first-order valence-electron chi connectivity index (χ1n) is 7.61. The number of aromatic nitrogens is 3. The molecule has 3 heterocycles. The van der Waals surface area contributed by atoms with Crippen molar-refractivity contribution in [1.29, 1.82) is 0 Å². The molecule has 23 heavy (non-hydrogen) atoms. The van der Waals surface area contributed by atoms with Gasteiger partial charge < -0.3 is 15.4 Å². The Kier molecular flexibility index (Phi) is 3.71. The van der Waals surface area contributed by atoms with Gasteiger partial charge in [-0.05, 0) is 44.9 Å². The summed E-state index contributed by atoms with van der Waals surface area (Å²) in [5, 5.41) is 4.26. The summed E-state index contributed by atoms with van der Waals surface area (Å²) in [6.07, 6.45) is 4.04. The van der Waals surface area contributed by atoms with Crippen LogP contribution in [0.25, 0.3) is 11.1 Å². The van der Waals surface area contributed by atoms with E-state index >= 15 is 0 Å². The van der Waals surface area contributed by atoms with E-state index in [4.69, 9.17) is 10.5 Å². The highest BCUT2D eigenvalue weighted by molar-refractivity contribution is 5.77. The lowest BCUT2D eigenvalue weighted by molar-refractivity contribution is 0.0273. The van der Waals surface area contributed by atoms with Crippen LogP contribution < -0.4 is 5.73 Å². The molecule has 0 saturated heterocycles. The van der Waals surface area contributed by atoms with Crippen molar-refractivity contribution < 1.29 is 9.53 Å². The van der Waals surface area contributed by atoms with Crippen molar-refractivity contribution in [3.63, 3.8) is 0 Å². The van der Waals surface area contributed by atoms with Gasteiger partial charge >= 0.3 is 6.09 Å². The molecule has 0 fully saturated rings. The number of nitrogens with zero attached hydrogens (tertiary/aromatic N) is 4. The van der Waals surface area contributed by atoms with E-state index in [1.54, 1.807) is 9.42 Å². The first-order valence-corrected chi connectivity index (χ1v) is 7.61. The van der Waals surface area contributed by atoms with Crippen molar-refractivity contribution in [2.75, 3.05) is 18.8 Å². The second-order valence-electron chi connectivity index (χ2n) is 6.58. The van der Waals surface area contributed by atoms with E-state index < -0.39 is 5.60 Å². The van der Waals surface area contributed by atoms with E-state index in [1.807, 2.05) is 32.9 Å². The quantitative estimate of drug-likeness (QED) is 0.873. The van der Waals surface area contributed by atoms with Crippen LogP contribution in [-0.2, 0) is 4.74 Å². The minimum Gasteiger partial charge on any atom is -0.444 e. The monoisotopic (exact) mass is 315 g/mol. The highest BCUT2D eigenvalue weighted by atomic mass is 16.6. The maximum Gasteiger partial charge on any atom is 0.410 e. The molecule has 2 aromatic heterocycles. The van der Waals surface area contributed by atoms with Crippen LogP contribution in [0, 0.1) is 0 Å². The number of hydrogen-bond acceptors (Lipinski definition) is 5. The Morgan fingerprint density at radius 1 is 1.35 bits per heavy atom. The zero-order valence-corrected chi connectivity index (χ0v) is 13.6. The number of amides is 1. The Morgan fingerprint density at radius 3 is 2.87 bits per heavy atom. The van der Waals surface area contributed by atoms with Gasteiger partial charge in [0, 0.05) is 6.54 Å². The van der Waals surface area contributed by atoms with Crippen molar-refractivity contribution in [2.24, 2.45) is 0 Å². The Hall–Kier alpha value is -2.57. The van der Waals surface area contributed by atoms with Crippen molar-refractivity contribution in [1.82, 2.24) is 19.5 Å². The normalized spacial score (nSPS) is 15.6. The third-order valence-electron chi connectivity index (χ3n) is 3.61. The minimum absolute atomic E-state index is 0.293. The molecule has 7 nitrogen and oxygen atoms in total. The summed E-state index contributed by atoms with van der Waals surface area (Å²) in [7, 11) is 0. The van der Waals surface area contributed by atoms with Gasteiger partial charge in [0.25, 0.3) is 0 Å². The van der Waals surface area contributed by atoms with Gasteiger partial charge in [0.15, 0.2) is 5.82 Å². The summed E-state index contributed by atoms with van der Waals surface area (Å²) in [6, 6.07) is 3.84. The van der Waals surface area contributed by atoms with Crippen LogP contribution in [0.1, 0.15) is 32.9 Å². The molecule has 0 saturated carbocycles. The molecule has 7 heteroatoms. The lowest BCUT2D eigenvalue weighted by Crippen LogP contribution is -2.39. The van der Waals surface area contributed by atoms with E-state index in [0.29, 0.717) is 18.9 Å². The summed E-state index contributed by atoms with van der Waals surface area (Å²) in [4.78, 5) is 18.0. The van der Waals surface area contributed by atoms with Crippen molar-refractivity contribution in [3.05, 3.63) is 30.2 Å². The maximum absolute atomic E-state index is 12.3. The first-order chi connectivity index (χ1) is 10.8. The maximum atomic E-state index is 12.3. The molecule has 122 valence electrons. The van der Waals surface area contributed by atoms with Crippen molar-refractivity contribution in [3.8, 4) is 0 Å². The largest absolute Gasteiger partial charge is 0.444 e. The summed E-state index contributed by atoms with van der Waals surface area (Å²) >= 11 is 0. The predicted octanol–water partition coefficient (Wildman–Crippen LogP) is 2.34. The van der Waals surface area contributed by atoms with Gasteiger partial charge in [-0.15, -0.1) is 0 Å². The number of carbonyl (C=O) groups is 1. The zero-order valence-electron chi connectivity index (χ0n) is 13.6. The van der Waals surface area contributed by atoms with Gasteiger partial charge in [-0.2, -0.15) is 5.10 Å². The molecule has 0 aromatic carbocycles. The van der Waals surface area contributed by atoms with Crippen molar-refractivity contribution in [2.45, 2.75) is 32.8 Å². The number of ether oxygens (including phenoxy) is 1. The second kappa shape index (κ2) is 5.57. The van der Waals surface area contributed by atoms with Crippen molar-refractivity contribution >= 4 is 23.0 Å². The Balaban J connectivity index is 1.85. The molecule has 2 aromatic rings. The average molecular weight is 315 g/mol. The van der Waals surface area contributed by atoms with Crippen LogP contribution in [0.3, 0.4) is 0 Å². The smallest absolute Gasteiger partial charge is 0.410 e. The molecule has 0 aliphatic carbocycles. The van der Waals surface area contributed by atoms with Crippen LogP contribution in [0.2, 0.25) is 0 Å². The fourth-order valence-electron chi connectivity index (χ4n) is 2.61. The summed E-state index contributed by atoms with van der Waals surface area (Å²) in [5.41, 5.74) is 8.08. The minimum atomic E-state index is -0.498. The van der Waals surface area contributed by atoms with Crippen LogP contribution in [-0.4, -0.2) is 44.3 Å². The van der Waals surface area contributed by atoms with E-state index in [9.17, 15) is 4.79 Å². The number of nitrogen functional groups attached to an aromatic ring is 1. The predicted molar refractivity (Wildman–Crippen MR) is 87.8 cm³/mol. The van der Waals surface area contributed by atoms with E-state index in [-0.39, 0.29) is 6.09 Å². The van der Waals surface area contributed by atoms with Crippen LogP contribution in [0.5, 0.6) is 0 Å². The standard InChI is InChI=1S/C16H21N5O2/c1-16(2,3)23-15(22)20-8-4-5-11(9-20)12-6-7-13-14(17)18-10-19-21(12)13/h5-7,10H,4,8-9H2,1-3H3,(H2,17,18,19). The van der Waals surface area contributed by atoms with Gasteiger partial charge in [-0.25, -0.2) is 14.3 Å². The molecule has 0 atom stereocenters. The van der Waals surface area contributed by atoms with Gasteiger partial charge in [-0.1, -0.05) is 6.08 Å². The van der Waals surface area contributed by atoms with Gasteiger partial charge in [-0.3, -0.25) is 0 Å². The molecule has 0 bridgehead atoms. The third-order valence-corrected chi connectivity index (χ3v) is 3.61. The fraction of sp³-hybridized carbons (Fsp3) is 0.438. The molecule has 0 spiro atoms. The van der Waals surface area contributed by atoms with Gasteiger partial charge in [0.05, 0.1) is 12.2 Å². The number of rotatable bonds is 1. The first kappa shape index (κ1) is 15.3. The summed E-state index contributed by atoms with van der Waals surface area (Å²) < 4.78 is 7.21. The van der Waals surface area contributed by atoms with Gasteiger partial charge in [0.2, 0.25) is 0 Å². The molecular formula is C16H21N5O2. The van der Waals surface area contributed by atoms with E-state index in [2.05, 4.69) is 16.2 Å². The highest BCUT2D eigenvalue weighted by Gasteiger charge is 2.25. The summed E-state index contributed by atoms with van der Waals surface area (Å²) in [5.74, 6) is 0.437. The molecule has 1 aliphatic heterocycles. The van der Waals surface area contributed by atoms with Crippen LogP contribution in [0.4, 0.5) is 10.6 Å². The number of hydrogen-bond donors (Lipinski definition) is 1. The molecule has 3 rings (SSSR count). The number of fused-ring (bicyclic) bond motifs is 1. The van der Waals surface area contributed by atoms with Gasteiger partial charge in [0.1, 0.15) is 17.4 Å². The lowest BCUT2D eigenvalue weighted by Gasteiger charge is -2.30. The average Bonchev–Trinajstić information content (AvgIpc) is 2.91. The number of carbonyl (C=O) groups excluding carboxylic acids is 1.